The van der Waals surface area contributed by atoms with Crippen molar-refractivity contribution in [3.8, 4) is 0 Å². The van der Waals surface area contributed by atoms with Crippen molar-refractivity contribution < 1.29 is 23.8 Å². The van der Waals surface area contributed by atoms with Crippen LogP contribution in [-0.4, -0.2) is 54.8 Å². The SMILES string of the molecule is CC(C)(C)OC(=O)N1CCOCC1C(=O)C1=CCCCO1. The topological polar surface area (TPSA) is 65.1 Å². The molecule has 1 amide bonds. The van der Waals surface area contributed by atoms with Crippen LogP contribution in [0.3, 0.4) is 0 Å². The van der Waals surface area contributed by atoms with Gasteiger partial charge in [-0.3, -0.25) is 9.69 Å². The third-order valence-electron chi connectivity index (χ3n) is 3.24. The van der Waals surface area contributed by atoms with Gasteiger partial charge in [-0.1, -0.05) is 0 Å². The quantitative estimate of drug-likeness (QED) is 0.778. The molecule has 0 aromatic rings. The fourth-order valence-corrected chi connectivity index (χ4v) is 2.25. The van der Waals surface area contributed by atoms with Crippen molar-refractivity contribution >= 4 is 11.9 Å². The van der Waals surface area contributed by atoms with E-state index in [0.29, 0.717) is 25.5 Å². The number of rotatable bonds is 2. The molecule has 1 unspecified atom stereocenters. The van der Waals surface area contributed by atoms with Crippen molar-refractivity contribution in [2.24, 2.45) is 0 Å². The second kappa shape index (κ2) is 6.47. The van der Waals surface area contributed by atoms with Crippen molar-refractivity contribution in [3.63, 3.8) is 0 Å². The molecule has 0 radical (unpaired) electrons. The van der Waals surface area contributed by atoms with Crippen LogP contribution in [0.5, 0.6) is 0 Å². The average Bonchev–Trinajstić information content (AvgIpc) is 2.45. The predicted molar refractivity (Wildman–Crippen MR) is 75.8 cm³/mol. The standard InChI is InChI=1S/C15H23NO5/c1-15(2,3)21-14(18)16-7-9-19-10-11(16)13(17)12-6-4-5-8-20-12/h6,11H,4-5,7-10H2,1-3H3. The largest absolute Gasteiger partial charge is 0.490 e. The van der Waals surface area contributed by atoms with E-state index in [9.17, 15) is 9.59 Å². The van der Waals surface area contributed by atoms with E-state index in [1.807, 2.05) is 0 Å². The fraction of sp³-hybridized carbons (Fsp3) is 0.733. The smallest absolute Gasteiger partial charge is 0.411 e. The first kappa shape index (κ1) is 15.8. The number of amides is 1. The molecule has 2 rings (SSSR count). The van der Waals surface area contributed by atoms with Crippen LogP contribution in [-0.2, 0) is 19.0 Å². The maximum atomic E-state index is 12.5. The van der Waals surface area contributed by atoms with E-state index in [0.717, 1.165) is 12.8 Å². The molecule has 2 aliphatic heterocycles. The number of nitrogens with zero attached hydrogens (tertiary/aromatic N) is 1. The zero-order valence-corrected chi connectivity index (χ0v) is 12.9. The van der Waals surface area contributed by atoms with Gasteiger partial charge in [0.25, 0.3) is 0 Å². The van der Waals surface area contributed by atoms with Gasteiger partial charge in [-0.05, 0) is 39.7 Å². The molecule has 118 valence electrons. The monoisotopic (exact) mass is 297 g/mol. The third kappa shape index (κ3) is 4.20. The summed E-state index contributed by atoms with van der Waals surface area (Å²) in [5, 5.41) is 0. The molecule has 2 aliphatic rings. The number of morpholine rings is 1. The Hall–Kier alpha value is -1.56. The van der Waals surface area contributed by atoms with Crippen LogP contribution in [0.4, 0.5) is 4.79 Å². The van der Waals surface area contributed by atoms with E-state index in [1.54, 1.807) is 26.8 Å². The molecule has 0 N–H and O–H groups in total. The summed E-state index contributed by atoms with van der Waals surface area (Å²) in [5.41, 5.74) is -0.594. The number of ether oxygens (including phenoxy) is 3. The fourth-order valence-electron chi connectivity index (χ4n) is 2.25. The molecule has 2 heterocycles. The zero-order valence-electron chi connectivity index (χ0n) is 12.9. The first-order valence-electron chi connectivity index (χ1n) is 7.33. The summed E-state index contributed by atoms with van der Waals surface area (Å²) in [4.78, 5) is 26.2. The molecule has 6 heteroatoms. The summed E-state index contributed by atoms with van der Waals surface area (Å²) < 4.78 is 16.1. The minimum absolute atomic E-state index is 0.179. The van der Waals surface area contributed by atoms with Gasteiger partial charge in [-0.25, -0.2) is 4.79 Å². The van der Waals surface area contributed by atoms with Gasteiger partial charge in [0.05, 0.1) is 19.8 Å². The van der Waals surface area contributed by atoms with E-state index in [4.69, 9.17) is 14.2 Å². The Bertz CT molecular complexity index is 438. The summed E-state index contributed by atoms with van der Waals surface area (Å²) >= 11 is 0. The van der Waals surface area contributed by atoms with Gasteiger partial charge in [0.15, 0.2) is 5.76 Å². The maximum Gasteiger partial charge on any atom is 0.411 e. The minimum atomic E-state index is -0.669. The number of allylic oxidation sites excluding steroid dienone is 1. The van der Waals surface area contributed by atoms with E-state index < -0.39 is 17.7 Å². The second-order valence-electron chi connectivity index (χ2n) is 6.19. The zero-order chi connectivity index (χ0) is 15.5. The Balaban J connectivity index is 2.09. The summed E-state index contributed by atoms with van der Waals surface area (Å²) in [6, 6.07) is -0.669. The minimum Gasteiger partial charge on any atom is -0.490 e. The van der Waals surface area contributed by atoms with Crippen molar-refractivity contribution in [2.45, 2.75) is 45.3 Å². The summed E-state index contributed by atoms with van der Waals surface area (Å²) in [6.45, 7) is 6.87. The molecular formula is C15H23NO5. The lowest BCUT2D eigenvalue weighted by Crippen LogP contribution is -2.54. The molecule has 6 nitrogen and oxygen atoms in total. The van der Waals surface area contributed by atoms with Gasteiger partial charge in [0.2, 0.25) is 5.78 Å². The van der Waals surface area contributed by atoms with Crippen LogP contribution >= 0.6 is 0 Å². The molecular weight excluding hydrogens is 274 g/mol. The number of Topliss-reactive ketones (excluding diaryl/α,β-unsaturated/α-hetero) is 1. The predicted octanol–water partition coefficient (Wildman–Crippen LogP) is 1.89. The maximum absolute atomic E-state index is 12.5. The Kier molecular flexibility index (Phi) is 4.88. The highest BCUT2D eigenvalue weighted by atomic mass is 16.6. The van der Waals surface area contributed by atoms with Gasteiger partial charge in [-0.2, -0.15) is 0 Å². The lowest BCUT2D eigenvalue weighted by atomic mass is 10.1. The van der Waals surface area contributed by atoms with Gasteiger partial charge in [-0.15, -0.1) is 0 Å². The summed E-state index contributed by atoms with van der Waals surface area (Å²) in [6.07, 6.45) is 3.03. The van der Waals surface area contributed by atoms with Crippen LogP contribution in [0, 0.1) is 0 Å². The molecule has 0 aliphatic carbocycles. The molecule has 0 aromatic heterocycles. The molecule has 0 spiro atoms. The Morgan fingerprint density at radius 2 is 2.10 bits per heavy atom. The lowest BCUT2D eigenvalue weighted by Gasteiger charge is -2.36. The molecule has 0 saturated carbocycles. The number of ketones is 1. The highest BCUT2D eigenvalue weighted by Gasteiger charge is 2.37. The van der Waals surface area contributed by atoms with Crippen LogP contribution in [0.2, 0.25) is 0 Å². The molecule has 0 bridgehead atoms. The van der Waals surface area contributed by atoms with Crippen molar-refractivity contribution in [2.75, 3.05) is 26.4 Å². The Morgan fingerprint density at radius 1 is 1.33 bits per heavy atom. The first-order chi connectivity index (χ1) is 9.88. The first-order valence-corrected chi connectivity index (χ1v) is 7.33. The third-order valence-corrected chi connectivity index (χ3v) is 3.24. The van der Waals surface area contributed by atoms with E-state index in [-0.39, 0.29) is 12.4 Å². The number of carbonyl (C=O) groups is 2. The number of hydrogen-bond donors (Lipinski definition) is 0. The van der Waals surface area contributed by atoms with E-state index in [2.05, 4.69) is 0 Å². The van der Waals surface area contributed by atoms with E-state index >= 15 is 0 Å². The lowest BCUT2D eigenvalue weighted by molar-refractivity contribution is -0.130. The highest BCUT2D eigenvalue weighted by Crippen LogP contribution is 2.20. The van der Waals surface area contributed by atoms with Crippen LogP contribution < -0.4 is 0 Å². The Morgan fingerprint density at radius 3 is 2.71 bits per heavy atom. The molecule has 1 fully saturated rings. The van der Waals surface area contributed by atoms with Gasteiger partial charge >= 0.3 is 6.09 Å². The Labute approximate surface area is 125 Å². The summed E-state index contributed by atoms with van der Waals surface area (Å²) in [5.74, 6) is 0.130. The van der Waals surface area contributed by atoms with Gasteiger partial charge in [0.1, 0.15) is 11.6 Å². The van der Waals surface area contributed by atoms with Crippen LogP contribution in [0.25, 0.3) is 0 Å². The van der Waals surface area contributed by atoms with E-state index in [1.165, 1.54) is 4.90 Å². The van der Waals surface area contributed by atoms with Gasteiger partial charge < -0.3 is 14.2 Å². The number of carbonyl (C=O) groups excluding carboxylic acids is 2. The normalized spacial score (nSPS) is 23.1. The number of hydrogen-bond acceptors (Lipinski definition) is 5. The van der Waals surface area contributed by atoms with Crippen LogP contribution in [0.15, 0.2) is 11.8 Å². The molecule has 0 aromatic carbocycles. The second-order valence-corrected chi connectivity index (χ2v) is 6.19. The van der Waals surface area contributed by atoms with Crippen molar-refractivity contribution in [3.05, 3.63) is 11.8 Å². The summed E-state index contributed by atoms with van der Waals surface area (Å²) in [7, 11) is 0. The molecule has 1 saturated heterocycles. The molecule has 1 atom stereocenters. The van der Waals surface area contributed by atoms with Crippen molar-refractivity contribution in [1.29, 1.82) is 0 Å². The molecule has 21 heavy (non-hydrogen) atoms. The van der Waals surface area contributed by atoms with Crippen LogP contribution in [0.1, 0.15) is 33.6 Å². The van der Waals surface area contributed by atoms with Gasteiger partial charge in [0, 0.05) is 6.54 Å². The van der Waals surface area contributed by atoms with Crippen molar-refractivity contribution in [1.82, 2.24) is 4.90 Å². The average molecular weight is 297 g/mol. The highest BCUT2D eigenvalue weighted by molar-refractivity contribution is 5.99.